The van der Waals surface area contributed by atoms with Gasteiger partial charge in [-0.3, -0.25) is 4.79 Å². The molecule has 0 aliphatic rings. The quantitative estimate of drug-likeness (QED) is 0.252. The Morgan fingerprint density at radius 3 is 2.63 bits per heavy atom. The molecule has 0 radical (unpaired) electrons. The predicted molar refractivity (Wildman–Crippen MR) is 133 cm³/mol. The first-order chi connectivity index (χ1) is 14.5. The van der Waals surface area contributed by atoms with Crippen molar-refractivity contribution in [2.45, 2.75) is 0 Å². The summed E-state index contributed by atoms with van der Waals surface area (Å²) in [4.78, 5) is 18.3. The van der Waals surface area contributed by atoms with E-state index in [1.807, 2.05) is 54.6 Å². The largest absolute Gasteiger partial charge is 0.321 e. The van der Waals surface area contributed by atoms with Gasteiger partial charge in [0.2, 0.25) is 0 Å². The van der Waals surface area contributed by atoms with E-state index in [0.717, 1.165) is 35.3 Å². The van der Waals surface area contributed by atoms with Gasteiger partial charge in [0.15, 0.2) is 0 Å². The zero-order chi connectivity index (χ0) is 20.8. The molecule has 0 spiro atoms. The van der Waals surface area contributed by atoms with Gasteiger partial charge in [0.05, 0.1) is 20.9 Å². The third-order valence-electron chi connectivity index (χ3n) is 4.55. The van der Waals surface area contributed by atoms with Crippen LogP contribution >= 0.6 is 61.8 Å². The van der Waals surface area contributed by atoms with Gasteiger partial charge in [0, 0.05) is 25.1 Å². The summed E-state index contributed by atoms with van der Waals surface area (Å²) < 4.78 is 2.87. The van der Waals surface area contributed by atoms with E-state index in [0.29, 0.717) is 20.6 Å². The summed E-state index contributed by atoms with van der Waals surface area (Å²) in [5, 5.41) is 5.71. The molecular formula is C22H11BrCl2N2OS2. The first-order valence-electron chi connectivity index (χ1n) is 8.84. The Balaban J connectivity index is 1.55. The highest BCUT2D eigenvalue weighted by Crippen LogP contribution is 2.39. The van der Waals surface area contributed by atoms with Crippen molar-refractivity contribution in [3.05, 3.63) is 80.1 Å². The molecule has 5 rings (SSSR count). The summed E-state index contributed by atoms with van der Waals surface area (Å²) in [7, 11) is 0. The molecule has 5 aromatic rings. The molecule has 0 saturated carbocycles. The van der Waals surface area contributed by atoms with Crippen LogP contribution < -0.4 is 5.32 Å². The smallest absolute Gasteiger partial charge is 0.267 e. The number of benzene rings is 3. The molecule has 2 heterocycles. The third kappa shape index (κ3) is 3.63. The highest BCUT2D eigenvalue weighted by molar-refractivity contribution is 9.10. The maximum absolute atomic E-state index is 13.1. The number of aromatic nitrogens is 1. The van der Waals surface area contributed by atoms with Crippen LogP contribution in [0.3, 0.4) is 0 Å². The SMILES string of the molecule is O=C(Nc1ccc(Br)cc1-c1nc2ccccc2s1)c1sc2cc(Cl)ccc2c1Cl. The van der Waals surface area contributed by atoms with Gasteiger partial charge in [-0.1, -0.05) is 57.3 Å². The number of anilines is 1. The molecule has 0 atom stereocenters. The molecule has 0 unspecified atom stereocenters. The molecule has 30 heavy (non-hydrogen) atoms. The molecule has 0 fully saturated rings. The molecule has 0 saturated heterocycles. The van der Waals surface area contributed by atoms with E-state index < -0.39 is 0 Å². The fourth-order valence-electron chi connectivity index (χ4n) is 3.15. The standard InChI is InChI=1S/C22H11BrCl2N2OS2/c23-11-5-8-15(14(9-11)22-27-16-3-1-2-4-17(16)30-22)26-21(28)20-19(25)13-7-6-12(24)10-18(13)29-20/h1-10H,(H,26,28). The molecule has 0 bridgehead atoms. The summed E-state index contributed by atoms with van der Waals surface area (Å²) in [5.74, 6) is -0.262. The van der Waals surface area contributed by atoms with Crippen LogP contribution in [0.2, 0.25) is 10.0 Å². The van der Waals surface area contributed by atoms with Gasteiger partial charge >= 0.3 is 0 Å². The number of halogens is 3. The number of fused-ring (bicyclic) bond motifs is 2. The average molecular weight is 534 g/mol. The number of hydrogen-bond acceptors (Lipinski definition) is 4. The summed E-state index contributed by atoms with van der Waals surface area (Å²) in [6.45, 7) is 0. The summed E-state index contributed by atoms with van der Waals surface area (Å²) in [6.07, 6.45) is 0. The predicted octanol–water partition coefficient (Wildman–Crippen LogP) is 8.50. The van der Waals surface area contributed by atoms with Crippen LogP contribution in [-0.2, 0) is 0 Å². The monoisotopic (exact) mass is 532 g/mol. The molecular weight excluding hydrogens is 523 g/mol. The lowest BCUT2D eigenvalue weighted by Crippen LogP contribution is -2.11. The highest BCUT2D eigenvalue weighted by Gasteiger charge is 2.20. The summed E-state index contributed by atoms with van der Waals surface area (Å²) in [6, 6.07) is 19.1. The first-order valence-corrected chi connectivity index (χ1v) is 12.0. The van der Waals surface area contributed by atoms with Crippen molar-refractivity contribution < 1.29 is 4.79 Å². The number of nitrogens with zero attached hydrogens (tertiary/aromatic N) is 1. The molecule has 3 aromatic carbocycles. The molecule has 148 valence electrons. The van der Waals surface area contributed by atoms with E-state index in [2.05, 4.69) is 21.2 Å². The van der Waals surface area contributed by atoms with Crippen molar-refractivity contribution >= 4 is 93.7 Å². The van der Waals surface area contributed by atoms with E-state index in [1.165, 1.54) is 11.3 Å². The van der Waals surface area contributed by atoms with Crippen molar-refractivity contribution in [1.29, 1.82) is 0 Å². The van der Waals surface area contributed by atoms with Crippen molar-refractivity contribution in [3.63, 3.8) is 0 Å². The maximum Gasteiger partial charge on any atom is 0.267 e. The minimum atomic E-state index is -0.262. The van der Waals surface area contributed by atoms with Gasteiger partial charge < -0.3 is 5.32 Å². The zero-order valence-electron chi connectivity index (χ0n) is 15.1. The van der Waals surface area contributed by atoms with Crippen molar-refractivity contribution in [2.24, 2.45) is 0 Å². The van der Waals surface area contributed by atoms with Crippen LogP contribution in [-0.4, -0.2) is 10.9 Å². The van der Waals surface area contributed by atoms with E-state index in [9.17, 15) is 4.79 Å². The Kier molecular flexibility index (Phi) is 5.29. The number of carbonyl (C=O) groups excluding carboxylic acids is 1. The number of nitrogens with one attached hydrogen (secondary N) is 1. The molecule has 2 aromatic heterocycles. The van der Waals surface area contributed by atoms with Gasteiger partial charge in [0.1, 0.15) is 9.88 Å². The first kappa shape index (κ1) is 20.0. The lowest BCUT2D eigenvalue weighted by molar-refractivity contribution is 0.103. The second-order valence-electron chi connectivity index (χ2n) is 6.52. The Labute approximate surface area is 198 Å². The van der Waals surface area contributed by atoms with Crippen molar-refractivity contribution in [3.8, 4) is 10.6 Å². The Bertz CT molecular complexity index is 1410. The lowest BCUT2D eigenvalue weighted by atomic mass is 10.2. The highest BCUT2D eigenvalue weighted by atomic mass is 79.9. The second-order valence-corrected chi connectivity index (χ2v) is 10.3. The van der Waals surface area contributed by atoms with Gasteiger partial charge in [-0.2, -0.15) is 0 Å². The molecule has 0 aliphatic carbocycles. The third-order valence-corrected chi connectivity index (χ3v) is 8.01. The Hall–Kier alpha value is -1.96. The van der Waals surface area contributed by atoms with Gasteiger partial charge in [-0.05, 0) is 42.5 Å². The van der Waals surface area contributed by atoms with Crippen LogP contribution in [0.4, 0.5) is 5.69 Å². The van der Waals surface area contributed by atoms with Crippen LogP contribution in [0.1, 0.15) is 9.67 Å². The normalized spacial score (nSPS) is 11.3. The van der Waals surface area contributed by atoms with E-state index in [4.69, 9.17) is 28.2 Å². The maximum atomic E-state index is 13.1. The average Bonchev–Trinajstić information content (AvgIpc) is 3.30. The molecule has 1 N–H and O–H groups in total. The van der Waals surface area contributed by atoms with Crippen LogP contribution in [0.25, 0.3) is 30.9 Å². The Morgan fingerprint density at radius 2 is 1.80 bits per heavy atom. The van der Waals surface area contributed by atoms with Gasteiger partial charge in [0.25, 0.3) is 5.91 Å². The number of thiazole rings is 1. The number of amides is 1. The molecule has 3 nitrogen and oxygen atoms in total. The van der Waals surface area contributed by atoms with E-state index in [1.54, 1.807) is 17.4 Å². The number of carbonyl (C=O) groups is 1. The number of para-hydroxylation sites is 1. The number of rotatable bonds is 3. The van der Waals surface area contributed by atoms with E-state index >= 15 is 0 Å². The zero-order valence-corrected chi connectivity index (χ0v) is 19.8. The van der Waals surface area contributed by atoms with E-state index in [-0.39, 0.29) is 5.91 Å². The molecule has 0 aliphatic heterocycles. The fourth-order valence-corrected chi connectivity index (χ4v) is 6.20. The minimum Gasteiger partial charge on any atom is -0.321 e. The number of hydrogen-bond donors (Lipinski definition) is 1. The van der Waals surface area contributed by atoms with Crippen LogP contribution in [0.15, 0.2) is 65.1 Å². The van der Waals surface area contributed by atoms with Crippen molar-refractivity contribution in [1.82, 2.24) is 4.98 Å². The minimum absolute atomic E-state index is 0.262. The summed E-state index contributed by atoms with van der Waals surface area (Å²) >= 11 is 19.0. The molecule has 8 heteroatoms. The van der Waals surface area contributed by atoms with Crippen molar-refractivity contribution in [2.75, 3.05) is 5.32 Å². The second kappa shape index (κ2) is 7.94. The van der Waals surface area contributed by atoms with Gasteiger partial charge in [-0.15, -0.1) is 22.7 Å². The molecule has 1 amide bonds. The summed E-state index contributed by atoms with van der Waals surface area (Å²) in [5.41, 5.74) is 2.45. The van der Waals surface area contributed by atoms with Gasteiger partial charge in [-0.25, -0.2) is 4.98 Å². The lowest BCUT2D eigenvalue weighted by Gasteiger charge is -2.09. The fraction of sp³-hybridized carbons (Fsp3) is 0. The van der Waals surface area contributed by atoms with Crippen LogP contribution in [0.5, 0.6) is 0 Å². The topological polar surface area (TPSA) is 42.0 Å². The Morgan fingerprint density at radius 1 is 0.967 bits per heavy atom. The van der Waals surface area contributed by atoms with Crippen LogP contribution in [0, 0.1) is 0 Å². The number of thiophene rings is 1.